The summed E-state index contributed by atoms with van der Waals surface area (Å²) in [6, 6.07) is 15.4. The van der Waals surface area contributed by atoms with Crippen molar-refractivity contribution in [2.45, 2.75) is 0 Å². The van der Waals surface area contributed by atoms with Gasteiger partial charge in [0.15, 0.2) is 0 Å². The fourth-order valence-electron chi connectivity index (χ4n) is 1.78. The summed E-state index contributed by atoms with van der Waals surface area (Å²) in [5.41, 5.74) is 2.53. The van der Waals surface area contributed by atoms with Crippen LogP contribution in [-0.2, 0) is 0 Å². The number of hydrogen-bond donors (Lipinski definition) is 1. The van der Waals surface area contributed by atoms with E-state index in [2.05, 4.69) is 15.2 Å². The Balaban J connectivity index is 2.00. The number of rotatable bonds is 2. The SMILES string of the molecule is Clc1ccccc1/N=N/c1c[nH]c2ccccc12. The molecule has 2 aromatic carbocycles. The molecule has 0 atom stereocenters. The van der Waals surface area contributed by atoms with Crippen LogP contribution in [0, 0.1) is 0 Å². The van der Waals surface area contributed by atoms with E-state index in [1.54, 1.807) is 6.07 Å². The molecule has 3 nitrogen and oxygen atoms in total. The first-order valence-corrected chi connectivity index (χ1v) is 5.95. The van der Waals surface area contributed by atoms with E-state index >= 15 is 0 Å². The number of azo groups is 1. The van der Waals surface area contributed by atoms with Crippen LogP contribution in [0.15, 0.2) is 65.0 Å². The van der Waals surface area contributed by atoms with Crippen LogP contribution in [0.4, 0.5) is 11.4 Å². The van der Waals surface area contributed by atoms with Crippen LogP contribution in [0.5, 0.6) is 0 Å². The molecule has 0 amide bonds. The van der Waals surface area contributed by atoms with Crippen molar-refractivity contribution in [2.24, 2.45) is 10.2 Å². The summed E-state index contributed by atoms with van der Waals surface area (Å²) in [6.07, 6.45) is 1.84. The van der Waals surface area contributed by atoms with Crippen LogP contribution in [-0.4, -0.2) is 4.98 Å². The fourth-order valence-corrected chi connectivity index (χ4v) is 1.95. The van der Waals surface area contributed by atoms with Gasteiger partial charge in [0.05, 0.1) is 5.02 Å². The van der Waals surface area contributed by atoms with Crippen LogP contribution in [0.1, 0.15) is 0 Å². The van der Waals surface area contributed by atoms with Crippen molar-refractivity contribution in [1.82, 2.24) is 4.98 Å². The third-order valence-corrected chi connectivity index (χ3v) is 3.00. The Morgan fingerprint density at radius 3 is 2.44 bits per heavy atom. The van der Waals surface area contributed by atoms with Gasteiger partial charge in [0.25, 0.3) is 0 Å². The first kappa shape index (κ1) is 11.0. The van der Waals surface area contributed by atoms with Gasteiger partial charge in [-0.15, -0.1) is 10.2 Å². The Kier molecular flexibility index (Phi) is 2.82. The highest BCUT2D eigenvalue weighted by Gasteiger charge is 2.01. The normalized spacial score (nSPS) is 11.4. The number of hydrogen-bond acceptors (Lipinski definition) is 2. The molecule has 0 bridgehead atoms. The molecule has 0 saturated heterocycles. The van der Waals surface area contributed by atoms with E-state index in [0.29, 0.717) is 10.7 Å². The zero-order chi connectivity index (χ0) is 12.4. The lowest BCUT2D eigenvalue weighted by Crippen LogP contribution is -1.66. The minimum Gasteiger partial charge on any atom is -0.359 e. The van der Waals surface area contributed by atoms with E-state index in [-0.39, 0.29) is 0 Å². The molecule has 4 heteroatoms. The molecule has 0 aliphatic heterocycles. The monoisotopic (exact) mass is 255 g/mol. The lowest BCUT2D eigenvalue weighted by atomic mass is 10.2. The van der Waals surface area contributed by atoms with Crippen molar-refractivity contribution in [3.8, 4) is 0 Å². The highest BCUT2D eigenvalue weighted by molar-refractivity contribution is 6.32. The molecule has 3 aromatic rings. The van der Waals surface area contributed by atoms with Crippen LogP contribution in [0.2, 0.25) is 5.02 Å². The molecule has 1 aromatic heterocycles. The van der Waals surface area contributed by atoms with Gasteiger partial charge in [-0.2, -0.15) is 0 Å². The van der Waals surface area contributed by atoms with Crippen LogP contribution < -0.4 is 0 Å². The Morgan fingerprint density at radius 2 is 1.56 bits per heavy atom. The molecule has 0 spiro atoms. The van der Waals surface area contributed by atoms with Crippen molar-refractivity contribution >= 4 is 33.9 Å². The first-order chi connectivity index (χ1) is 8.84. The second kappa shape index (κ2) is 4.63. The number of nitrogens with one attached hydrogen (secondary N) is 1. The van der Waals surface area contributed by atoms with Crippen LogP contribution in [0.25, 0.3) is 10.9 Å². The van der Waals surface area contributed by atoms with Gasteiger partial charge < -0.3 is 4.98 Å². The van der Waals surface area contributed by atoms with Gasteiger partial charge in [-0.1, -0.05) is 41.9 Å². The molecule has 0 radical (unpaired) electrons. The molecule has 88 valence electrons. The van der Waals surface area contributed by atoms with Crippen molar-refractivity contribution in [3.63, 3.8) is 0 Å². The number of nitrogens with zero attached hydrogens (tertiary/aromatic N) is 2. The summed E-state index contributed by atoms with van der Waals surface area (Å²) in [5.74, 6) is 0. The summed E-state index contributed by atoms with van der Waals surface area (Å²) in [4.78, 5) is 3.15. The number of aromatic amines is 1. The van der Waals surface area contributed by atoms with Gasteiger partial charge in [-0.3, -0.25) is 0 Å². The maximum Gasteiger partial charge on any atom is 0.111 e. The maximum atomic E-state index is 6.02. The minimum atomic E-state index is 0.598. The average Bonchev–Trinajstić information content (AvgIpc) is 2.81. The Hall–Kier alpha value is -2.13. The predicted molar refractivity (Wildman–Crippen MR) is 73.9 cm³/mol. The average molecular weight is 256 g/mol. The molecule has 0 aliphatic carbocycles. The van der Waals surface area contributed by atoms with Gasteiger partial charge in [0.1, 0.15) is 11.4 Å². The van der Waals surface area contributed by atoms with Gasteiger partial charge in [0, 0.05) is 17.1 Å². The summed E-state index contributed by atoms with van der Waals surface area (Å²) in [7, 11) is 0. The van der Waals surface area contributed by atoms with Crippen molar-refractivity contribution in [3.05, 3.63) is 59.8 Å². The second-order valence-corrected chi connectivity index (χ2v) is 4.28. The fraction of sp³-hybridized carbons (Fsp3) is 0. The molecule has 18 heavy (non-hydrogen) atoms. The topological polar surface area (TPSA) is 40.5 Å². The van der Waals surface area contributed by atoms with Crippen LogP contribution in [0.3, 0.4) is 0 Å². The smallest absolute Gasteiger partial charge is 0.111 e. The van der Waals surface area contributed by atoms with E-state index in [1.165, 1.54) is 0 Å². The molecule has 0 unspecified atom stereocenters. The Labute approximate surface area is 109 Å². The van der Waals surface area contributed by atoms with E-state index in [1.807, 2.05) is 48.7 Å². The highest BCUT2D eigenvalue weighted by Crippen LogP contribution is 2.29. The summed E-state index contributed by atoms with van der Waals surface area (Å²) in [6.45, 7) is 0. The number of fused-ring (bicyclic) bond motifs is 1. The number of halogens is 1. The van der Waals surface area contributed by atoms with Crippen LogP contribution >= 0.6 is 11.6 Å². The minimum absolute atomic E-state index is 0.598. The van der Waals surface area contributed by atoms with Gasteiger partial charge in [-0.05, 0) is 18.2 Å². The number of para-hydroxylation sites is 1. The maximum absolute atomic E-state index is 6.02. The zero-order valence-electron chi connectivity index (χ0n) is 9.47. The van der Waals surface area contributed by atoms with E-state index in [4.69, 9.17) is 11.6 Å². The quantitative estimate of drug-likeness (QED) is 0.609. The Bertz CT molecular complexity index is 716. The van der Waals surface area contributed by atoms with Gasteiger partial charge >= 0.3 is 0 Å². The molecule has 0 aliphatic rings. The number of H-pyrrole nitrogens is 1. The van der Waals surface area contributed by atoms with E-state index in [9.17, 15) is 0 Å². The molecule has 0 saturated carbocycles. The molecule has 1 heterocycles. The van der Waals surface area contributed by atoms with Crippen molar-refractivity contribution in [2.75, 3.05) is 0 Å². The molecule has 0 fully saturated rings. The van der Waals surface area contributed by atoms with Crippen molar-refractivity contribution < 1.29 is 0 Å². The summed E-state index contributed by atoms with van der Waals surface area (Å²) in [5, 5.41) is 10.1. The zero-order valence-corrected chi connectivity index (χ0v) is 10.2. The first-order valence-electron chi connectivity index (χ1n) is 5.57. The largest absolute Gasteiger partial charge is 0.359 e. The van der Waals surface area contributed by atoms with Crippen molar-refractivity contribution in [1.29, 1.82) is 0 Å². The predicted octanol–water partition coefficient (Wildman–Crippen LogP) is 5.24. The molecule has 1 N–H and O–H groups in total. The second-order valence-electron chi connectivity index (χ2n) is 3.87. The van der Waals surface area contributed by atoms with Gasteiger partial charge in [-0.25, -0.2) is 0 Å². The lowest BCUT2D eigenvalue weighted by molar-refractivity contribution is 1.24. The number of benzene rings is 2. The standard InChI is InChI=1S/C14H10ClN3/c15-11-6-2-4-8-13(11)17-18-14-9-16-12-7-3-1-5-10(12)14/h1-9,16H/b18-17+. The summed E-state index contributed by atoms with van der Waals surface area (Å²) < 4.78 is 0. The third kappa shape index (κ3) is 2.00. The van der Waals surface area contributed by atoms with E-state index < -0.39 is 0 Å². The van der Waals surface area contributed by atoms with Gasteiger partial charge in [0.2, 0.25) is 0 Å². The summed E-state index contributed by atoms with van der Waals surface area (Å²) >= 11 is 6.02. The van der Waals surface area contributed by atoms with E-state index in [0.717, 1.165) is 16.6 Å². The third-order valence-electron chi connectivity index (χ3n) is 2.69. The molecular formula is C14H10ClN3. The highest BCUT2D eigenvalue weighted by atomic mass is 35.5. The lowest BCUT2D eigenvalue weighted by Gasteiger charge is -1.94. The molecule has 3 rings (SSSR count). The number of aromatic nitrogens is 1. The molecular weight excluding hydrogens is 246 g/mol. The Morgan fingerprint density at radius 1 is 0.833 bits per heavy atom.